The number of carbonyl (C=O) groups excluding carboxylic acids is 2. The molecule has 138 valence electrons. The highest BCUT2D eigenvalue weighted by molar-refractivity contribution is 5.89. The summed E-state index contributed by atoms with van der Waals surface area (Å²) < 4.78 is 5.19. The zero-order valence-corrected chi connectivity index (χ0v) is 15.2. The van der Waals surface area contributed by atoms with Gasteiger partial charge < -0.3 is 20.7 Å². The maximum atomic E-state index is 11.9. The van der Waals surface area contributed by atoms with Crippen LogP contribution in [-0.4, -0.2) is 32.0 Å². The zero-order chi connectivity index (χ0) is 18.8. The van der Waals surface area contributed by atoms with Crippen molar-refractivity contribution >= 4 is 23.2 Å². The van der Waals surface area contributed by atoms with Gasteiger partial charge in [-0.05, 0) is 42.3 Å². The van der Waals surface area contributed by atoms with Crippen LogP contribution in [0.3, 0.4) is 0 Å². The fraction of sp³-hybridized carbons (Fsp3) is 0.300. The van der Waals surface area contributed by atoms with Crippen molar-refractivity contribution in [2.75, 3.05) is 30.8 Å². The van der Waals surface area contributed by atoms with Crippen LogP contribution >= 0.6 is 0 Å². The van der Waals surface area contributed by atoms with Gasteiger partial charge in [-0.15, -0.1) is 0 Å². The Kier molecular flexibility index (Phi) is 7.49. The first-order valence-electron chi connectivity index (χ1n) is 8.58. The van der Waals surface area contributed by atoms with Crippen LogP contribution in [0.4, 0.5) is 11.4 Å². The van der Waals surface area contributed by atoms with Gasteiger partial charge in [0, 0.05) is 37.8 Å². The smallest absolute Gasteiger partial charge is 0.221 e. The molecule has 0 bridgehead atoms. The molecule has 26 heavy (non-hydrogen) atoms. The molecule has 2 amide bonds. The predicted octanol–water partition coefficient (Wildman–Crippen LogP) is 2.81. The summed E-state index contributed by atoms with van der Waals surface area (Å²) in [5.41, 5.74) is 2.71. The van der Waals surface area contributed by atoms with Crippen LogP contribution in [0.1, 0.15) is 18.9 Å². The van der Waals surface area contributed by atoms with Crippen LogP contribution in [0.25, 0.3) is 0 Å². The van der Waals surface area contributed by atoms with Crippen molar-refractivity contribution in [2.45, 2.75) is 19.8 Å². The Bertz CT molecular complexity index is 747. The Hall–Kier alpha value is -3.02. The average molecular weight is 355 g/mol. The maximum absolute atomic E-state index is 11.9. The summed E-state index contributed by atoms with van der Waals surface area (Å²) in [5.74, 6) is 0.704. The average Bonchev–Trinajstić information content (AvgIpc) is 2.62. The van der Waals surface area contributed by atoms with E-state index in [2.05, 4.69) is 16.0 Å². The van der Waals surface area contributed by atoms with Gasteiger partial charge in [-0.3, -0.25) is 9.59 Å². The Labute approximate surface area is 153 Å². The quantitative estimate of drug-likeness (QED) is 0.646. The van der Waals surface area contributed by atoms with E-state index in [0.717, 1.165) is 29.1 Å². The van der Waals surface area contributed by atoms with E-state index in [0.29, 0.717) is 19.5 Å². The number of amides is 2. The van der Waals surface area contributed by atoms with Gasteiger partial charge in [0.25, 0.3) is 0 Å². The predicted molar refractivity (Wildman–Crippen MR) is 104 cm³/mol. The maximum Gasteiger partial charge on any atom is 0.221 e. The highest BCUT2D eigenvalue weighted by atomic mass is 16.5. The van der Waals surface area contributed by atoms with Crippen LogP contribution < -0.4 is 20.7 Å². The number of rotatable bonds is 9. The van der Waals surface area contributed by atoms with E-state index >= 15 is 0 Å². The minimum absolute atomic E-state index is 0.00147. The summed E-state index contributed by atoms with van der Waals surface area (Å²) in [5, 5.41) is 8.83. The molecule has 0 heterocycles. The van der Waals surface area contributed by atoms with Crippen molar-refractivity contribution in [3.05, 3.63) is 54.1 Å². The van der Waals surface area contributed by atoms with Gasteiger partial charge in [0.05, 0.1) is 7.11 Å². The summed E-state index contributed by atoms with van der Waals surface area (Å²) in [6.07, 6.45) is 1.14. The summed E-state index contributed by atoms with van der Waals surface area (Å²) in [6, 6.07) is 15.2. The molecule has 3 N–H and O–H groups in total. The largest absolute Gasteiger partial charge is 0.497 e. The second kappa shape index (κ2) is 10.1. The summed E-state index contributed by atoms with van der Waals surface area (Å²) in [4.78, 5) is 23.0. The molecule has 0 fully saturated rings. The molecule has 6 heteroatoms. The molecule has 0 unspecified atom stereocenters. The SMILES string of the molecule is COc1cccc(CCNC(=O)CCNc2cccc(NC(C)=O)c2)c1. The lowest BCUT2D eigenvalue weighted by molar-refractivity contribution is -0.120. The van der Waals surface area contributed by atoms with Gasteiger partial charge in [0.1, 0.15) is 5.75 Å². The number of carbonyl (C=O) groups is 2. The molecule has 0 saturated heterocycles. The summed E-state index contributed by atoms with van der Waals surface area (Å²) in [7, 11) is 1.64. The lowest BCUT2D eigenvalue weighted by atomic mass is 10.1. The number of benzene rings is 2. The molecular formula is C20H25N3O3. The molecular weight excluding hydrogens is 330 g/mol. The molecule has 0 aliphatic carbocycles. The first-order valence-corrected chi connectivity index (χ1v) is 8.58. The van der Waals surface area contributed by atoms with Gasteiger partial charge in [-0.1, -0.05) is 18.2 Å². The van der Waals surface area contributed by atoms with Crippen molar-refractivity contribution in [3.8, 4) is 5.75 Å². The van der Waals surface area contributed by atoms with E-state index in [9.17, 15) is 9.59 Å². The van der Waals surface area contributed by atoms with E-state index in [1.165, 1.54) is 6.92 Å². The molecule has 2 rings (SSSR count). The Morgan fingerprint density at radius 1 is 1.00 bits per heavy atom. The van der Waals surface area contributed by atoms with Crippen molar-refractivity contribution in [3.63, 3.8) is 0 Å². The molecule has 2 aromatic carbocycles. The number of ether oxygens (including phenoxy) is 1. The first-order chi connectivity index (χ1) is 12.6. The second-order valence-electron chi connectivity index (χ2n) is 5.89. The molecule has 0 saturated carbocycles. The molecule has 6 nitrogen and oxygen atoms in total. The van der Waals surface area contributed by atoms with E-state index in [1.807, 2.05) is 48.5 Å². The minimum Gasteiger partial charge on any atom is -0.497 e. The van der Waals surface area contributed by atoms with Gasteiger partial charge in [-0.25, -0.2) is 0 Å². The molecule has 0 aromatic heterocycles. The third-order valence-corrected chi connectivity index (χ3v) is 3.73. The zero-order valence-electron chi connectivity index (χ0n) is 15.2. The topological polar surface area (TPSA) is 79.5 Å². The molecule has 0 aliphatic rings. The standard InChI is InChI=1S/C20H25N3O3/c1-15(24)23-18-7-4-6-17(14-18)21-12-10-20(25)22-11-9-16-5-3-8-19(13-16)26-2/h3-8,13-14,21H,9-12H2,1-2H3,(H,22,25)(H,23,24). The third kappa shape index (κ3) is 6.84. The fourth-order valence-corrected chi connectivity index (χ4v) is 2.49. The second-order valence-corrected chi connectivity index (χ2v) is 5.89. The highest BCUT2D eigenvalue weighted by Crippen LogP contribution is 2.15. The Morgan fingerprint density at radius 2 is 1.77 bits per heavy atom. The summed E-state index contributed by atoms with van der Waals surface area (Å²) >= 11 is 0. The highest BCUT2D eigenvalue weighted by Gasteiger charge is 2.03. The Balaban J connectivity index is 1.68. The third-order valence-electron chi connectivity index (χ3n) is 3.73. The lowest BCUT2D eigenvalue weighted by Gasteiger charge is -2.09. The van der Waals surface area contributed by atoms with Crippen LogP contribution in [0.15, 0.2) is 48.5 Å². The monoisotopic (exact) mass is 355 g/mol. The Morgan fingerprint density at radius 3 is 2.54 bits per heavy atom. The summed E-state index contributed by atoms with van der Waals surface area (Å²) in [6.45, 7) is 2.58. The molecule has 0 atom stereocenters. The van der Waals surface area contributed by atoms with E-state index < -0.39 is 0 Å². The van der Waals surface area contributed by atoms with Crippen molar-refractivity contribution in [1.82, 2.24) is 5.32 Å². The molecule has 0 aliphatic heterocycles. The fourth-order valence-electron chi connectivity index (χ4n) is 2.49. The number of hydrogen-bond donors (Lipinski definition) is 3. The first kappa shape index (κ1) is 19.3. The van der Waals surface area contributed by atoms with Gasteiger partial charge in [-0.2, -0.15) is 0 Å². The normalized spacial score (nSPS) is 10.1. The number of anilines is 2. The molecule has 0 radical (unpaired) electrons. The van der Waals surface area contributed by atoms with Gasteiger partial charge in [0.2, 0.25) is 11.8 Å². The van der Waals surface area contributed by atoms with E-state index in [1.54, 1.807) is 7.11 Å². The van der Waals surface area contributed by atoms with Crippen LogP contribution in [0.5, 0.6) is 5.75 Å². The number of methoxy groups -OCH3 is 1. The molecule has 2 aromatic rings. The van der Waals surface area contributed by atoms with Crippen LogP contribution in [0.2, 0.25) is 0 Å². The van der Waals surface area contributed by atoms with Gasteiger partial charge in [0.15, 0.2) is 0 Å². The lowest BCUT2D eigenvalue weighted by Crippen LogP contribution is -2.27. The van der Waals surface area contributed by atoms with Gasteiger partial charge >= 0.3 is 0 Å². The van der Waals surface area contributed by atoms with E-state index in [4.69, 9.17) is 4.74 Å². The number of hydrogen-bond acceptors (Lipinski definition) is 4. The van der Waals surface area contributed by atoms with Crippen molar-refractivity contribution < 1.29 is 14.3 Å². The van der Waals surface area contributed by atoms with Crippen molar-refractivity contribution in [1.29, 1.82) is 0 Å². The van der Waals surface area contributed by atoms with Crippen LogP contribution in [-0.2, 0) is 16.0 Å². The number of nitrogens with one attached hydrogen (secondary N) is 3. The minimum atomic E-state index is -0.113. The van der Waals surface area contributed by atoms with Crippen molar-refractivity contribution in [2.24, 2.45) is 0 Å². The van der Waals surface area contributed by atoms with Crippen LogP contribution in [0, 0.1) is 0 Å². The van der Waals surface area contributed by atoms with E-state index in [-0.39, 0.29) is 11.8 Å². The molecule has 0 spiro atoms.